The number of anilines is 3. The molecule has 1 fully saturated rings. The number of rotatable bonds is 5. The smallest absolute Gasteiger partial charge is 0.0543 e. The van der Waals surface area contributed by atoms with Crippen LogP contribution in [0, 0.1) is 0 Å². The van der Waals surface area contributed by atoms with Crippen molar-refractivity contribution in [2.45, 2.75) is 62.7 Å². The second kappa shape index (κ2) is 12.5. The Bertz CT molecular complexity index is 3000. The molecular weight excluding hydrogens is 711 g/mol. The minimum Gasteiger partial charge on any atom is -0.310 e. The van der Waals surface area contributed by atoms with Gasteiger partial charge in [0.25, 0.3) is 0 Å². The van der Waals surface area contributed by atoms with Crippen LogP contribution >= 0.6 is 0 Å². The molecule has 0 heterocycles. The summed E-state index contributed by atoms with van der Waals surface area (Å²) >= 11 is 0. The summed E-state index contributed by atoms with van der Waals surface area (Å²) in [6.45, 7) is 7.22. The van der Waals surface area contributed by atoms with Crippen LogP contribution < -0.4 is 4.90 Å². The summed E-state index contributed by atoms with van der Waals surface area (Å²) in [5.41, 5.74) is 23.8. The molecule has 0 saturated heterocycles. The molecule has 0 bridgehead atoms. The van der Waals surface area contributed by atoms with Crippen molar-refractivity contribution in [2.75, 3.05) is 4.90 Å². The summed E-state index contributed by atoms with van der Waals surface area (Å²) in [4.78, 5) is 2.59. The molecule has 0 N–H and O–H groups in total. The molecule has 0 aromatic heterocycles. The second-order valence-electron chi connectivity index (χ2n) is 18.1. The number of benzene rings is 8. The van der Waals surface area contributed by atoms with Crippen LogP contribution in [0.15, 0.2) is 182 Å². The van der Waals surface area contributed by atoms with Crippen molar-refractivity contribution in [3.63, 3.8) is 0 Å². The highest BCUT2D eigenvalue weighted by Gasteiger charge is 2.46. The van der Waals surface area contributed by atoms with Crippen molar-refractivity contribution in [1.82, 2.24) is 0 Å². The van der Waals surface area contributed by atoms with E-state index in [1.807, 2.05) is 0 Å². The molecule has 1 saturated carbocycles. The largest absolute Gasteiger partial charge is 0.310 e. The maximum Gasteiger partial charge on any atom is 0.0543 e. The average Bonchev–Trinajstić information content (AvgIpc) is 4.02. The van der Waals surface area contributed by atoms with Crippen LogP contribution in [0.2, 0.25) is 0 Å². The van der Waals surface area contributed by atoms with Gasteiger partial charge in [0.05, 0.1) is 5.69 Å². The van der Waals surface area contributed by atoms with Gasteiger partial charge in [0.1, 0.15) is 0 Å². The Kier molecular flexibility index (Phi) is 7.35. The Hall–Kier alpha value is -6.44. The van der Waals surface area contributed by atoms with Gasteiger partial charge in [-0.15, -0.1) is 0 Å². The Balaban J connectivity index is 1.11. The van der Waals surface area contributed by atoms with Crippen molar-refractivity contribution in [1.29, 1.82) is 0 Å². The van der Waals surface area contributed by atoms with Gasteiger partial charge < -0.3 is 4.90 Å². The molecule has 59 heavy (non-hydrogen) atoms. The molecule has 1 nitrogen and oxygen atoms in total. The van der Waals surface area contributed by atoms with Crippen LogP contribution in [-0.4, -0.2) is 0 Å². The first-order chi connectivity index (χ1) is 28.9. The van der Waals surface area contributed by atoms with E-state index in [4.69, 9.17) is 0 Å². The fourth-order valence-electron chi connectivity index (χ4n) is 12.2. The minimum atomic E-state index is -0.296. The summed E-state index contributed by atoms with van der Waals surface area (Å²) in [6.07, 6.45) is 4.95. The number of nitrogens with zero attached hydrogens (tertiary/aromatic N) is 1. The highest BCUT2D eigenvalue weighted by molar-refractivity contribution is 5.98. The van der Waals surface area contributed by atoms with Crippen LogP contribution in [0.4, 0.5) is 17.1 Å². The van der Waals surface area contributed by atoms with Gasteiger partial charge in [-0.25, -0.2) is 0 Å². The minimum absolute atomic E-state index is 0.0672. The fourth-order valence-corrected chi connectivity index (χ4v) is 12.2. The van der Waals surface area contributed by atoms with Crippen molar-refractivity contribution in [2.24, 2.45) is 0 Å². The van der Waals surface area contributed by atoms with E-state index in [0.717, 1.165) is 0 Å². The lowest BCUT2D eigenvalue weighted by Crippen LogP contribution is -2.22. The van der Waals surface area contributed by atoms with Crippen LogP contribution in [0.1, 0.15) is 85.4 Å². The highest BCUT2D eigenvalue weighted by Crippen LogP contribution is 2.60. The maximum atomic E-state index is 2.59. The van der Waals surface area contributed by atoms with Gasteiger partial charge in [-0.05, 0) is 128 Å². The lowest BCUT2D eigenvalue weighted by Gasteiger charge is -2.32. The zero-order chi connectivity index (χ0) is 39.5. The molecule has 0 radical (unpaired) electrons. The van der Waals surface area contributed by atoms with E-state index in [-0.39, 0.29) is 16.2 Å². The quantitative estimate of drug-likeness (QED) is 0.169. The van der Waals surface area contributed by atoms with E-state index >= 15 is 0 Å². The molecule has 1 heteroatoms. The highest BCUT2D eigenvalue weighted by atomic mass is 15.1. The molecule has 0 amide bonds. The molecule has 8 aromatic rings. The normalized spacial score (nSPS) is 18.2. The topological polar surface area (TPSA) is 3.24 Å². The van der Waals surface area contributed by atoms with Gasteiger partial charge in [0.2, 0.25) is 0 Å². The number of hydrogen-bond acceptors (Lipinski definition) is 1. The first-order valence-corrected chi connectivity index (χ1v) is 21.6. The second-order valence-corrected chi connectivity index (χ2v) is 18.1. The lowest BCUT2D eigenvalue weighted by molar-refractivity contribution is 0.550. The maximum absolute atomic E-state index is 2.59. The van der Waals surface area contributed by atoms with Crippen molar-refractivity contribution in [3.8, 4) is 44.5 Å². The molecule has 12 rings (SSSR count). The molecule has 8 aromatic carbocycles. The predicted octanol–water partition coefficient (Wildman–Crippen LogP) is 15.3. The zero-order valence-corrected chi connectivity index (χ0v) is 34.1. The standard InChI is InChI=1S/C58H47N/c1-56(2)48-27-10-7-23-44(48)46-26-16-25-42(55(46)56)38-18-15-21-40(36-38)59(41-32-33-45-43-22-8-12-29-50(43)58(52(45)37-41)34-13-14-35-58)53-31-17-30-51-54(53)47-24-9-11-28-49(47)57(51,3)39-19-5-4-6-20-39/h4-12,15-33,36-37H,13-14,34-35H2,1-3H3. The predicted molar refractivity (Wildman–Crippen MR) is 246 cm³/mol. The molecule has 1 unspecified atom stereocenters. The lowest BCUT2D eigenvalue weighted by atomic mass is 9.74. The van der Waals surface area contributed by atoms with Crippen LogP contribution in [0.3, 0.4) is 0 Å². The zero-order valence-electron chi connectivity index (χ0n) is 34.1. The molecule has 4 aliphatic rings. The summed E-state index contributed by atoms with van der Waals surface area (Å²) in [5.74, 6) is 0. The summed E-state index contributed by atoms with van der Waals surface area (Å²) in [5, 5.41) is 0. The number of hydrogen-bond donors (Lipinski definition) is 0. The average molecular weight is 758 g/mol. The third kappa shape index (κ3) is 4.68. The Labute approximate surface area is 348 Å². The van der Waals surface area contributed by atoms with E-state index in [1.165, 1.54) is 126 Å². The van der Waals surface area contributed by atoms with E-state index in [0.29, 0.717) is 0 Å². The third-order valence-corrected chi connectivity index (χ3v) is 14.9. The van der Waals surface area contributed by atoms with Gasteiger partial charge >= 0.3 is 0 Å². The molecule has 1 spiro atoms. The van der Waals surface area contributed by atoms with Crippen LogP contribution in [-0.2, 0) is 16.2 Å². The Morgan fingerprint density at radius 1 is 0.407 bits per heavy atom. The Morgan fingerprint density at radius 3 is 1.78 bits per heavy atom. The monoisotopic (exact) mass is 757 g/mol. The van der Waals surface area contributed by atoms with E-state index < -0.39 is 0 Å². The van der Waals surface area contributed by atoms with E-state index in [9.17, 15) is 0 Å². The van der Waals surface area contributed by atoms with Gasteiger partial charge in [-0.3, -0.25) is 0 Å². The van der Waals surface area contributed by atoms with E-state index in [1.54, 1.807) is 0 Å². The van der Waals surface area contributed by atoms with Crippen LogP contribution in [0.5, 0.6) is 0 Å². The first-order valence-electron chi connectivity index (χ1n) is 21.6. The molecule has 0 aliphatic heterocycles. The molecule has 4 aliphatic carbocycles. The van der Waals surface area contributed by atoms with E-state index in [2.05, 4.69) is 208 Å². The molecule has 284 valence electrons. The van der Waals surface area contributed by atoms with Crippen molar-refractivity contribution < 1.29 is 0 Å². The van der Waals surface area contributed by atoms with Gasteiger partial charge in [-0.1, -0.05) is 178 Å². The SMILES string of the molecule is CC1(C)c2ccccc2-c2cccc(-c3cccc(N(c4ccc5c(c4)C4(CCCC4)c4ccccc4-5)c4cccc5c4-c4ccccc4C5(C)c4ccccc4)c3)c21. The molecule has 1 atom stereocenters. The van der Waals surface area contributed by atoms with Gasteiger partial charge in [0, 0.05) is 33.2 Å². The van der Waals surface area contributed by atoms with Gasteiger partial charge in [-0.2, -0.15) is 0 Å². The van der Waals surface area contributed by atoms with Gasteiger partial charge in [0.15, 0.2) is 0 Å². The summed E-state index contributed by atoms with van der Waals surface area (Å²) in [7, 11) is 0. The Morgan fingerprint density at radius 2 is 0.983 bits per heavy atom. The first kappa shape index (κ1) is 34.6. The van der Waals surface area contributed by atoms with Crippen LogP contribution in [0.25, 0.3) is 44.5 Å². The molecular formula is C58H47N. The van der Waals surface area contributed by atoms with Crippen molar-refractivity contribution >= 4 is 17.1 Å². The summed E-state index contributed by atoms with van der Waals surface area (Å²) in [6, 6.07) is 69.2. The summed E-state index contributed by atoms with van der Waals surface area (Å²) < 4.78 is 0. The fraction of sp³-hybridized carbons (Fsp3) is 0.172. The van der Waals surface area contributed by atoms with Crippen molar-refractivity contribution in [3.05, 3.63) is 221 Å². The third-order valence-electron chi connectivity index (χ3n) is 14.9. The number of fused-ring (bicyclic) bond motifs is 11.